The van der Waals surface area contributed by atoms with Crippen LogP contribution in [0.4, 0.5) is 0 Å². The fourth-order valence-electron chi connectivity index (χ4n) is 3.59. The van der Waals surface area contributed by atoms with Gasteiger partial charge in [-0.3, -0.25) is 9.79 Å². The molecule has 4 rings (SSSR count). The summed E-state index contributed by atoms with van der Waals surface area (Å²) in [5.74, 6) is 0.269. The maximum absolute atomic E-state index is 12.9. The molecule has 1 amide bonds. The predicted molar refractivity (Wildman–Crippen MR) is 95.8 cm³/mol. The molecule has 0 aromatic heterocycles. The third kappa shape index (κ3) is 2.64. The molecule has 24 heavy (non-hydrogen) atoms. The minimum Gasteiger partial charge on any atom is -0.332 e. The molecule has 1 heterocycles. The Bertz CT molecular complexity index is 763. The van der Waals surface area contributed by atoms with Crippen molar-refractivity contribution in [2.45, 2.75) is 32.4 Å². The number of rotatable bonds is 4. The van der Waals surface area contributed by atoms with Crippen LogP contribution in [0.1, 0.15) is 36.9 Å². The van der Waals surface area contributed by atoms with Crippen molar-refractivity contribution in [1.82, 2.24) is 4.90 Å². The van der Waals surface area contributed by atoms with Crippen molar-refractivity contribution in [3.05, 3.63) is 71.8 Å². The van der Waals surface area contributed by atoms with E-state index in [1.807, 2.05) is 41.3 Å². The largest absolute Gasteiger partial charge is 0.332 e. The first kappa shape index (κ1) is 15.1. The summed E-state index contributed by atoms with van der Waals surface area (Å²) in [6.07, 6.45) is 1.91. The van der Waals surface area contributed by atoms with E-state index in [2.05, 4.69) is 31.2 Å². The van der Waals surface area contributed by atoms with E-state index < -0.39 is 0 Å². The molecular weight excluding hydrogens is 296 g/mol. The SMILES string of the molecule is C[C@@H](N=C1CN(Cc2ccccc2)C(=O)C12CC2)c1ccccc1. The van der Waals surface area contributed by atoms with E-state index in [0.29, 0.717) is 13.1 Å². The second-order valence-electron chi connectivity index (χ2n) is 6.89. The Labute approximate surface area is 143 Å². The van der Waals surface area contributed by atoms with Gasteiger partial charge in [0.05, 0.1) is 18.0 Å². The van der Waals surface area contributed by atoms with Crippen LogP contribution in [0.2, 0.25) is 0 Å². The topological polar surface area (TPSA) is 32.7 Å². The molecule has 2 aliphatic rings. The molecule has 1 saturated carbocycles. The second kappa shape index (κ2) is 5.90. The number of likely N-dealkylation sites (tertiary alicyclic amines) is 1. The molecule has 0 bridgehead atoms. The Kier molecular flexibility index (Phi) is 3.72. The molecule has 0 unspecified atom stereocenters. The van der Waals surface area contributed by atoms with Gasteiger partial charge in [-0.1, -0.05) is 60.7 Å². The van der Waals surface area contributed by atoms with Crippen molar-refractivity contribution < 1.29 is 4.79 Å². The first-order valence-corrected chi connectivity index (χ1v) is 8.64. The molecule has 2 aromatic rings. The zero-order valence-electron chi connectivity index (χ0n) is 14.0. The minimum atomic E-state index is -0.280. The quantitative estimate of drug-likeness (QED) is 0.838. The highest BCUT2D eigenvalue weighted by Crippen LogP contribution is 2.52. The van der Waals surface area contributed by atoms with E-state index >= 15 is 0 Å². The van der Waals surface area contributed by atoms with Crippen LogP contribution in [-0.2, 0) is 11.3 Å². The van der Waals surface area contributed by atoms with Gasteiger partial charge in [0.25, 0.3) is 0 Å². The normalized spacial score (nSPS) is 21.5. The Morgan fingerprint density at radius 3 is 2.29 bits per heavy atom. The Hall–Kier alpha value is -2.42. The van der Waals surface area contributed by atoms with Crippen LogP contribution in [0.25, 0.3) is 0 Å². The molecule has 0 radical (unpaired) electrons. The summed E-state index contributed by atoms with van der Waals surface area (Å²) in [5, 5.41) is 0. The molecule has 1 aliphatic heterocycles. The maximum atomic E-state index is 12.9. The summed E-state index contributed by atoms with van der Waals surface area (Å²) >= 11 is 0. The number of aliphatic imine (C=N–C) groups is 1. The molecule has 1 aliphatic carbocycles. The van der Waals surface area contributed by atoms with E-state index in [-0.39, 0.29) is 17.4 Å². The molecule has 3 nitrogen and oxygen atoms in total. The van der Waals surface area contributed by atoms with E-state index in [0.717, 1.165) is 18.6 Å². The van der Waals surface area contributed by atoms with E-state index in [1.54, 1.807) is 0 Å². The van der Waals surface area contributed by atoms with Gasteiger partial charge in [-0.2, -0.15) is 0 Å². The maximum Gasteiger partial charge on any atom is 0.235 e. The average Bonchev–Trinajstić information content (AvgIpc) is 3.39. The third-order valence-electron chi connectivity index (χ3n) is 5.19. The smallest absolute Gasteiger partial charge is 0.235 e. The standard InChI is InChI=1S/C21H22N2O/c1-16(18-10-6-3-7-11-18)22-19-15-23(20(24)21(19)12-13-21)14-17-8-4-2-5-9-17/h2-11,16H,12-15H2,1H3/t16-/m1/s1. The molecule has 0 N–H and O–H groups in total. The van der Waals surface area contributed by atoms with Crippen LogP contribution < -0.4 is 0 Å². The fourth-order valence-corrected chi connectivity index (χ4v) is 3.59. The zero-order chi connectivity index (χ0) is 16.6. The van der Waals surface area contributed by atoms with Crippen LogP contribution in [0.3, 0.4) is 0 Å². The lowest BCUT2D eigenvalue weighted by Gasteiger charge is -2.15. The van der Waals surface area contributed by atoms with Crippen molar-refractivity contribution in [2.75, 3.05) is 6.54 Å². The molecule has 122 valence electrons. The van der Waals surface area contributed by atoms with Crippen LogP contribution in [0.5, 0.6) is 0 Å². The number of hydrogen-bond acceptors (Lipinski definition) is 2. The van der Waals surface area contributed by atoms with Crippen molar-refractivity contribution >= 4 is 11.6 Å². The molecule has 2 fully saturated rings. The van der Waals surface area contributed by atoms with Gasteiger partial charge in [0.15, 0.2) is 0 Å². The second-order valence-corrected chi connectivity index (χ2v) is 6.89. The molecule has 2 aromatic carbocycles. The van der Waals surface area contributed by atoms with Crippen LogP contribution in [-0.4, -0.2) is 23.1 Å². The van der Waals surface area contributed by atoms with Crippen LogP contribution >= 0.6 is 0 Å². The molecular formula is C21H22N2O. The van der Waals surface area contributed by atoms with Crippen molar-refractivity contribution in [3.8, 4) is 0 Å². The highest BCUT2D eigenvalue weighted by Gasteiger charge is 2.60. The minimum absolute atomic E-state index is 0.100. The van der Waals surface area contributed by atoms with Gasteiger partial charge in [-0.15, -0.1) is 0 Å². The zero-order valence-corrected chi connectivity index (χ0v) is 14.0. The number of hydrogen-bond donors (Lipinski definition) is 0. The molecule has 3 heteroatoms. The monoisotopic (exact) mass is 318 g/mol. The lowest BCUT2D eigenvalue weighted by atomic mass is 10.0. The number of nitrogens with zero attached hydrogens (tertiary/aromatic N) is 2. The average molecular weight is 318 g/mol. The predicted octanol–water partition coefficient (Wildman–Crippen LogP) is 4.01. The lowest BCUT2D eigenvalue weighted by molar-refractivity contribution is -0.132. The van der Waals surface area contributed by atoms with Gasteiger partial charge in [-0.25, -0.2) is 0 Å². The lowest BCUT2D eigenvalue weighted by Crippen LogP contribution is -2.27. The van der Waals surface area contributed by atoms with E-state index in [4.69, 9.17) is 4.99 Å². The summed E-state index contributed by atoms with van der Waals surface area (Å²) in [4.78, 5) is 19.8. The highest BCUT2D eigenvalue weighted by molar-refractivity contribution is 6.17. The third-order valence-corrected chi connectivity index (χ3v) is 5.19. The summed E-state index contributed by atoms with van der Waals surface area (Å²) in [6, 6.07) is 20.6. The fraction of sp³-hybridized carbons (Fsp3) is 0.333. The molecule has 1 atom stereocenters. The van der Waals surface area contributed by atoms with E-state index in [1.165, 1.54) is 11.1 Å². The van der Waals surface area contributed by atoms with Crippen molar-refractivity contribution in [1.29, 1.82) is 0 Å². The van der Waals surface area contributed by atoms with Gasteiger partial charge in [0, 0.05) is 12.3 Å². The number of carbonyl (C=O) groups excluding carboxylic acids is 1. The first-order chi connectivity index (χ1) is 11.7. The van der Waals surface area contributed by atoms with Gasteiger partial charge >= 0.3 is 0 Å². The van der Waals surface area contributed by atoms with Gasteiger partial charge in [-0.05, 0) is 30.9 Å². The summed E-state index contributed by atoms with van der Waals surface area (Å²) in [6.45, 7) is 3.47. The van der Waals surface area contributed by atoms with Gasteiger partial charge in [0.1, 0.15) is 0 Å². The summed E-state index contributed by atoms with van der Waals surface area (Å²) < 4.78 is 0. The van der Waals surface area contributed by atoms with Crippen molar-refractivity contribution in [2.24, 2.45) is 10.4 Å². The van der Waals surface area contributed by atoms with Gasteiger partial charge in [0.2, 0.25) is 5.91 Å². The number of amides is 1. The van der Waals surface area contributed by atoms with Crippen LogP contribution in [0.15, 0.2) is 65.7 Å². The first-order valence-electron chi connectivity index (χ1n) is 8.64. The Morgan fingerprint density at radius 2 is 1.67 bits per heavy atom. The number of benzene rings is 2. The molecule has 1 saturated heterocycles. The Balaban J connectivity index is 1.56. The number of carbonyl (C=O) groups is 1. The van der Waals surface area contributed by atoms with Gasteiger partial charge < -0.3 is 4.90 Å². The molecule has 1 spiro atoms. The Morgan fingerprint density at radius 1 is 1.04 bits per heavy atom. The summed E-state index contributed by atoms with van der Waals surface area (Å²) in [5.41, 5.74) is 3.19. The van der Waals surface area contributed by atoms with Crippen LogP contribution in [0, 0.1) is 5.41 Å². The van der Waals surface area contributed by atoms with E-state index in [9.17, 15) is 4.79 Å². The highest BCUT2D eigenvalue weighted by atomic mass is 16.2. The van der Waals surface area contributed by atoms with Crippen molar-refractivity contribution in [3.63, 3.8) is 0 Å². The summed E-state index contributed by atoms with van der Waals surface area (Å²) in [7, 11) is 0.